The summed E-state index contributed by atoms with van der Waals surface area (Å²) in [5.41, 5.74) is 7.10. The maximum atomic E-state index is 12.5. The first-order valence-electron chi connectivity index (χ1n) is 5.99. The molecule has 0 saturated carbocycles. The summed E-state index contributed by atoms with van der Waals surface area (Å²) in [5.74, 6) is 0.0449. The molecule has 1 aromatic heterocycles. The lowest BCUT2D eigenvalue weighted by Crippen LogP contribution is -2.29. The minimum absolute atomic E-state index is 0.0992. The van der Waals surface area contributed by atoms with E-state index in [1.807, 2.05) is 13.8 Å². The van der Waals surface area contributed by atoms with Gasteiger partial charge in [0.25, 0.3) is 5.91 Å². The van der Waals surface area contributed by atoms with Crippen molar-refractivity contribution < 1.29 is 9.90 Å². The van der Waals surface area contributed by atoms with Crippen molar-refractivity contribution in [1.29, 1.82) is 0 Å². The average Bonchev–Trinajstić information content (AvgIpc) is 2.70. The molecule has 2 rings (SSSR count). The van der Waals surface area contributed by atoms with Crippen LogP contribution in [0.2, 0.25) is 0 Å². The summed E-state index contributed by atoms with van der Waals surface area (Å²) >= 11 is 1.39. The fourth-order valence-electron chi connectivity index (χ4n) is 1.84. The highest BCUT2D eigenvalue weighted by Crippen LogP contribution is 2.27. The highest BCUT2D eigenvalue weighted by atomic mass is 32.1. The van der Waals surface area contributed by atoms with Crippen LogP contribution in [0.25, 0.3) is 0 Å². The number of hydrogen-bond acceptors (Lipinski definition) is 4. The lowest BCUT2D eigenvalue weighted by atomic mass is 10.2. The van der Waals surface area contributed by atoms with Crippen LogP contribution in [0.4, 0.5) is 11.4 Å². The number of rotatable bonds is 3. The van der Waals surface area contributed by atoms with Gasteiger partial charge in [-0.2, -0.15) is 0 Å². The van der Waals surface area contributed by atoms with E-state index >= 15 is 0 Å². The van der Waals surface area contributed by atoms with Gasteiger partial charge in [-0.1, -0.05) is 6.07 Å². The van der Waals surface area contributed by atoms with Crippen LogP contribution in [0, 0.1) is 6.92 Å². The maximum absolute atomic E-state index is 12.5. The first kappa shape index (κ1) is 13.4. The number of carbonyl (C=O) groups excluding carboxylic acids is 1. The number of phenols is 1. The van der Waals surface area contributed by atoms with Gasteiger partial charge in [-0.15, -0.1) is 11.3 Å². The molecule has 0 bridgehead atoms. The van der Waals surface area contributed by atoms with Crippen LogP contribution in [-0.4, -0.2) is 17.6 Å². The monoisotopic (exact) mass is 276 g/mol. The Labute approximate surface area is 116 Å². The van der Waals surface area contributed by atoms with E-state index in [1.54, 1.807) is 35.2 Å². The van der Waals surface area contributed by atoms with Gasteiger partial charge in [-0.25, -0.2) is 0 Å². The van der Waals surface area contributed by atoms with Crippen LogP contribution in [-0.2, 0) is 0 Å². The Bertz CT molecular complexity index is 588. The van der Waals surface area contributed by atoms with Gasteiger partial charge in [0.15, 0.2) is 0 Å². The number of hydrogen-bond donors (Lipinski definition) is 2. The van der Waals surface area contributed by atoms with Crippen molar-refractivity contribution >= 4 is 28.6 Å². The topological polar surface area (TPSA) is 66.6 Å². The maximum Gasteiger partial charge on any atom is 0.268 e. The van der Waals surface area contributed by atoms with Crippen LogP contribution >= 0.6 is 11.3 Å². The molecule has 0 radical (unpaired) electrons. The van der Waals surface area contributed by atoms with E-state index in [0.717, 1.165) is 4.88 Å². The molecule has 3 N–H and O–H groups in total. The number of anilines is 2. The largest absolute Gasteiger partial charge is 0.508 e. The number of thiophene rings is 1. The Morgan fingerprint density at radius 1 is 1.42 bits per heavy atom. The van der Waals surface area contributed by atoms with Crippen molar-refractivity contribution in [2.75, 3.05) is 17.2 Å². The molecule has 0 fully saturated rings. The standard InChI is InChI=1S/C14H16N2O2S/c1-3-16(10-5-4-6-11(17)7-10)14(18)13-8-12(15)9(2)19-13/h4-8,17H,3,15H2,1-2H3. The van der Waals surface area contributed by atoms with E-state index in [4.69, 9.17) is 5.73 Å². The third kappa shape index (κ3) is 2.71. The summed E-state index contributed by atoms with van der Waals surface area (Å²) in [6.45, 7) is 4.31. The molecule has 19 heavy (non-hydrogen) atoms. The van der Waals surface area contributed by atoms with Crippen LogP contribution in [0.1, 0.15) is 21.5 Å². The number of nitrogens with zero attached hydrogens (tertiary/aromatic N) is 1. The van der Waals surface area contributed by atoms with E-state index in [1.165, 1.54) is 11.3 Å². The number of aryl methyl sites for hydroxylation is 1. The normalized spacial score (nSPS) is 10.4. The first-order chi connectivity index (χ1) is 9.02. The Morgan fingerprint density at radius 2 is 2.16 bits per heavy atom. The van der Waals surface area contributed by atoms with Gasteiger partial charge in [0.05, 0.1) is 4.88 Å². The summed E-state index contributed by atoms with van der Waals surface area (Å²) in [6.07, 6.45) is 0. The second-order valence-corrected chi connectivity index (χ2v) is 5.45. The molecule has 0 saturated heterocycles. The Balaban J connectivity index is 2.34. The minimum atomic E-state index is -0.0992. The summed E-state index contributed by atoms with van der Waals surface area (Å²) < 4.78 is 0. The van der Waals surface area contributed by atoms with E-state index in [2.05, 4.69) is 0 Å². The summed E-state index contributed by atoms with van der Waals surface area (Å²) in [6, 6.07) is 8.37. The molecule has 0 aliphatic carbocycles. The van der Waals surface area contributed by atoms with E-state index < -0.39 is 0 Å². The van der Waals surface area contributed by atoms with Crippen molar-refractivity contribution in [3.05, 3.63) is 40.1 Å². The summed E-state index contributed by atoms with van der Waals surface area (Å²) in [5, 5.41) is 9.50. The van der Waals surface area contributed by atoms with E-state index in [9.17, 15) is 9.90 Å². The van der Waals surface area contributed by atoms with Gasteiger partial charge in [-0.05, 0) is 32.0 Å². The number of aromatic hydroxyl groups is 1. The third-order valence-electron chi connectivity index (χ3n) is 2.87. The average molecular weight is 276 g/mol. The lowest BCUT2D eigenvalue weighted by Gasteiger charge is -2.20. The number of amides is 1. The van der Waals surface area contributed by atoms with Gasteiger partial charge in [0, 0.05) is 28.9 Å². The predicted octanol–water partition coefficient (Wildman–Crippen LogP) is 3.01. The summed E-state index contributed by atoms with van der Waals surface area (Å²) in [7, 11) is 0. The highest BCUT2D eigenvalue weighted by Gasteiger charge is 2.19. The number of nitrogens with two attached hydrogens (primary N) is 1. The third-order valence-corrected chi connectivity index (χ3v) is 3.92. The van der Waals surface area contributed by atoms with E-state index in [-0.39, 0.29) is 11.7 Å². The van der Waals surface area contributed by atoms with E-state index in [0.29, 0.717) is 22.8 Å². The molecule has 1 amide bonds. The van der Waals surface area contributed by atoms with Crippen LogP contribution in [0.15, 0.2) is 30.3 Å². The molecule has 1 aromatic carbocycles. The lowest BCUT2D eigenvalue weighted by molar-refractivity contribution is 0.0992. The fraction of sp³-hybridized carbons (Fsp3) is 0.214. The zero-order valence-corrected chi connectivity index (χ0v) is 11.7. The fourth-order valence-corrected chi connectivity index (χ4v) is 2.73. The number of nitrogen functional groups attached to an aromatic ring is 1. The van der Waals surface area contributed by atoms with Gasteiger partial charge in [-0.3, -0.25) is 4.79 Å². The highest BCUT2D eigenvalue weighted by molar-refractivity contribution is 7.14. The molecule has 0 atom stereocenters. The van der Waals surface area contributed by atoms with Crippen molar-refractivity contribution in [3.8, 4) is 5.75 Å². The molecule has 0 spiro atoms. The Morgan fingerprint density at radius 3 is 2.68 bits per heavy atom. The van der Waals surface area contributed by atoms with Crippen molar-refractivity contribution in [1.82, 2.24) is 0 Å². The van der Waals surface area contributed by atoms with Crippen LogP contribution in [0.3, 0.4) is 0 Å². The molecular formula is C14H16N2O2S. The molecular weight excluding hydrogens is 260 g/mol. The van der Waals surface area contributed by atoms with Gasteiger partial charge < -0.3 is 15.7 Å². The molecule has 0 unspecified atom stereocenters. The van der Waals surface area contributed by atoms with Gasteiger partial charge >= 0.3 is 0 Å². The quantitative estimate of drug-likeness (QED) is 0.905. The SMILES string of the molecule is CCN(C(=O)c1cc(N)c(C)s1)c1cccc(O)c1. The first-order valence-corrected chi connectivity index (χ1v) is 6.81. The van der Waals surface area contributed by atoms with Crippen molar-refractivity contribution in [3.63, 3.8) is 0 Å². The number of phenolic OH excluding ortho intramolecular Hbond substituents is 1. The van der Waals surface area contributed by atoms with Crippen molar-refractivity contribution in [2.24, 2.45) is 0 Å². The minimum Gasteiger partial charge on any atom is -0.508 e. The molecule has 100 valence electrons. The van der Waals surface area contributed by atoms with Gasteiger partial charge in [0.1, 0.15) is 5.75 Å². The molecule has 0 aliphatic rings. The van der Waals surface area contributed by atoms with Crippen LogP contribution < -0.4 is 10.6 Å². The smallest absolute Gasteiger partial charge is 0.268 e. The summed E-state index contributed by atoms with van der Waals surface area (Å²) in [4.78, 5) is 15.6. The predicted molar refractivity (Wildman–Crippen MR) is 78.9 cm³/mol. The molecule has 4 nitrogen and oxygen atoms in total. The second-order valence-electron chi connectivity index (χ2n) is 4.19. The number of benzene rings is 1. The zero-order chi connectivity index (χ0) is 14.0. The molecule has 2 aromatic rings. The Kier molecular flexibility index (Phi) is 3.76. The molecule has 0 aliphatic heterocycles. The Hall–Kier alpha value is -2.01. The second kappa shape index (κ2) is 5.32. The molecule has 1 heterocycles. The zero-order valence-electron chi connectivity index (χ0n) is 10.9. The number of carbonyl (C=O) groups is 1. The van der Waals surface area contributed by atoms with Crippen LogP contribution in [0.5, 0.6) is 5.75 Å². The van der Waals surface area contributed by atoms with Gasteiger partial charge in [0.2, 0.25) is 0 Å². The molecule has 5 heteroatoms. The van der Waals surface area contributed by atoms with Crippen molar-refractivity contribution in [2.45, 2.75) is 13.8 Å².